The van der Waals surface area contributed by atoms with Crippen LogP contribution in [0, 0.1) is 0 Å². The zero-order valence-electron chi connectivity index (χ0n) is 7.62. The summed E-state index contributed by atoms with van der Waals surface area (Å²) < 4.78 is 0. The number of nitrogens with one attached hydrogen (secondary N) is 1. The number of carboxylic acids is 2. The van der Waals surface area contributed by atoms with Crippen LogP contribution < -0.4 is 5.32 Å². The van der Waals surface area contributed by atoms with E-state index in [-0.39, 0.29) is 6.42 Å². The fourth-order valence-corrected chi connectivity index (χ4v) is 0.874. The van der Waals surface area contributed by atoms with Gasteiger partial charge in [0.05, 0.1) is 6.42 Å². The number of aliphatic carboxylic acids is 2. The van der Waals surface area contributed by atoms with Crippen molar-refractivity contribution in [2.45, 2.75) is 32.2 Å². The average Bonchev–Trinajstić information content (AvgIpc) is 2.02. The summed E-state index contributed by atoms with van der Waals surface area (Å²) in [6.45, 7) is 2.52. The highest BCUT2D eigenvalue weighted by atomic mass is 16.4. The molecule has 0 bridgehead atoms. The maximum Gasteiger partial charge on any atom is 0.321 e. The van der Waals surface area contributed by atoms with E-state index in [1.165, 1.54) is 0 Å². The van der Waals surface area contributed by atoms with Gasteiger partial charge in [-0.3, -0.25) is 9.59 Å². The third-order valence-corrected chi connectivity index (χ3v) is 1.60. The van der Waals surface area contributed by atoms with Gasteiger partial charge in [-0.2, -0.15) is 0 Å². The van der Waals surface area contributed by atoms with E-state index in [2.05, 4.69) is 5.32 Å². The second-order valence-corrected chi connectivity index (χ2v) is 2.80. The topological polar surface area (TPSA) is 86.6 Å². The lowest BCUT2D eigenvalue weighted by Crippen LogP contribution is -2.38. The molecule has 0 rings (SSSR count). The molecule has 1 atom stereocenters. The summed E-state index contributed by atoms with van der Waals surface area (Å²) in [4.78, 5) is 20.7. The van der Waals surface area contributed by atoms with Crippen molar-refractivity contribution >= 4 is 11.9 Å². The van der Waals surface area contributed by atoms with E-state index >= 15 is 0 Å². The Kier molecular flexibility index (Phi) is 5.88. The Labute approximate surface area is 76.8 Å². The first-order valence-electron chi connectivity index (χ1n) is 4.26. The first kappa shape index (κ1) is 11.9. The van der Waals surface area contributed by atoms with Crippen LogP contribution in [0.2, 0.25) is 0 Å². The zero-order valence-corrected chi connectivity index (χ0v) is 7.62. The van der Waals surface area contributed by atoms with Gasteiger partial charge in [0.15, 0.2) is 0 Å². The molecular weight excluding hydrogens is 174 g/mol. The molecule has 0 unspecified atom stereocenters. The first-order chi connectivity index (χ1) is 6.07. The molecule has 0 aromatic heterocycles. The van der Waals surface area contributed by atoms with E-state index < -0.39 is 18.0 Å². The quantitative estimate of drug-likeness (QED) is 0.501. The molecule has 0 aromatic rings. The molecule has 76 valence electrons. The Morgan fingerprint density at radius 3 is 2.38 bits per heavy atom. The molecule has 5 heteroatoms. The lowest BCUT2D eigenvalue weighted by Gasteiger charge is -2.11. The summed E-state index contributed by atoms with van der Waals surface area (Å²) >= 11 is 0. The first-order valence-corrected chi connectivity index (χ1v) is 4.26. The Morgan fingerprint density at radius 1 is 1.38 bits per heavy atom. The molecule has 0 saturated heterocycles. The minimum Gasteiger partial charge on any atom is -0.481 e. The highest BCUT2D eigenvalue weighted by Gasteiger charge is 2.19. The molecule has 0 radical (unpaired) electrons. The highest BCUT2D eigenvalue weighted by Crippen LogP contribution is 1.93. The van der Waals surface area contributed by atoms with Crippen LogP contribution >= 0.6 is 0 Å². The standard InChI is InChI=1S/C8H15NO4/c1-2-3-4-9-6(8(12)13)5-7(10)11/h6,9H,2-5H2,1H3,(H,10,11)(H,12,13)/t6-/m0/s1. The van der Waals surface area contributed by atoms with E-state index in [4.69, 9.17) is 10.2 Å². The van der Waals surface area contributed by atoms with E-state index in [9.17, 15) is 9.59 Å². The molecule has 0 fully saturated rings. The number of hydrogen-bond acceptors (Lipinski definition) is 3. The van der Waals surface area contributed by atoms with Gasteiger partial charge in [-0.05, 0) is 13.0 Å². The summed E-state index contributed by atoms with van der Waals surface area (Å²) in [5, 5.41) is 19.7. The van der Waals surface area contributed by atoms with Crippen LogP contribution in [-0.2, 0) is 9.59 Å². The van der Waals surface area contributed by atoms with Crippen molar-refractivity contribution in [3.05, 3.63) is 0 Å². The van der Waals surface area contributed by atoms with Crippen molar-refractivity contribution in [3.8, 4) is 0 Å². The lowest BCUT2D eigenvalue weighted by molar-refractivity contribution is -0.145. The summed E-state index contributed by atoms with van der Waals surface area (Å²) in [6.07, 6.45) is 1.43. The average molecular weight is 189 g/mol. The van der Waals surface area contributed by atoms with Gasteiger partial charge in [-0.15, -0.1) is 0 Å². The molecule has 0 spiro atoms. The second-order valence-electron chi connectivity index (χ2n) is 2.80. The smallest absolute Gasteiger partial charge is 0.321 e. The van der Waals surface area contributed by atoms with Crippen molar-refractivity contribution in [2.75, 3.05) is 6.54 Å². The van der Waals surface area contributed by atoms with Gasteiger partial charge in [0, 0.05) is 0 Å². The van der Waals surface area contributed by atoms with Crippen LogP contribution in [0.5, 0.6) is 0 Å². The van der Waals surface area contributed by atoms with Gasteiger partial charge in [0.2, 0.25) is 0 Å². The van der Waals surface area contributed by atoms with Crippen molar-refractivity contribution in [2.24, 2.45) is 0 Å². The molecule has 0 aliphatic carbocycles. The maximum absolute atomic E-state index is 10.5. The highest BCUT2D eigenvalue weighted by molar-refractivity contribution is 5.80. The van der Waals surface area contributed by atoms with E-state index in [0.29, 0.717) is 6.54 Å². The van der Waals surface area contributed by atoms with Crippen LogP contribution in [0.4, 0.5) is 0 Å². The maximum atomic E-state index is 10.5. The number of unbranched alkanes of at least 4 members (excludes halogenated alkanes) is 1. The third-order valence-electron chi connectivity index (χ3n) is 1.60. The van der Waals surface area contributed by atoms with Crippen LogP contribution in [0.3, 0.4) is 0 Å². The minimum atomic E-state index is -1.11. The Bertz CT molecular complexity index is 181. The Morgan fingerprint density at radius 2 is 2.00 bits per heavy atom. The van der Waals surface area contributed by atoms with Crippen LogP contribution in [-0.4, -0.2) is 34.7 Å². The van der Waals surface area contributed by atoms with E-state index in [1.807, 2.05) is 6.92 Å². The molecule has 3 N–H and O–H groups in total. The summed E-state index contributed by atoms with van der Waals surface area (Å²) in [6, 6.07) is -0.968. The summed E-state index contributed by atoms with van der Waals surface area (Å²) in [7, 11) is 0. The predicted octanol–water partition coefficient (Wildman–Crippen LogP) is 0.304. The molecule has 13 heavy (non-hydrogen) atoms. The normalized spacial score (nSPS) is 12.4. The second kappa shape index (κ2) is 6.42. The molecule has 0 aromatic carbocycles. The number of hydrogen-bond donors (Lipinski definition) is 3. The van der Waals surface area contributed by atoms with Crippen LogP contribution in [0.1, 0.15) is 26.2 Å². The SMILES string of the molecule is CCCCN[C@@H](CC(=O)O)C(=O)O. The van der Waals surface area contributed by atoms with Gasteiger partial charge in [-0.25, -0.2) is 0 Å². The molecule has 0 saturated carbocycles. The van der Waals surface area contributed by atoms with Crippen LogP contribution in [0.15, 0.2) is 0 Å². The zero-order chi connectivity index (χ0) is 10.3. The van der Waals surface area contributed by atoms with Gasteiger partial charge >= 0.3 is 11.9 Å². The lowest BCUT2D eigenvalue weighted by atomic mass is 10.2. The Hall–Kier alpha value is -1.10. The summed E-state index contributed by atoms with van der Waals surface area (Å²) in [5.74, 6) is -2.21. The van der Waals surface area contributed by atoms with Crippen molar-refractivity contribution in [3.63, 3.8) is 0 Å². The molecule has 5 nitrogen and oxygen atoms in total. The third kappa shape index (κ3) is 6.10. The van der Waals surface area contributed by atoms with Crippen molar-refractivity contribution < 1.29 is 19.8 Å². The number of carbonyl (C=O) groups is 2. The molecule has 0 heterocycles. The van der Waals surface area contributed by atoms with Crippen LogP contribution in [0.25, 0.3) is 0 Å². The molecule has 0 aliphatic heterocycles. The van der Waals surface area contributed by atoms with E-state index in [0.717, 1.165) is 12.8 Å². The van der Waals surface area contributed by atoms with Crippen molar-refractivity contribution in [1.82, 2.24) is 5.32 Å². The summed E-state index contributed by atoms with van der Waals surface area (Å²) in [5.41, 5.74) is 0. The monoisotopic (exact) mass is 189 g/mol. The van der Waals surface area contributed by atoms with Gasteiger partial charge in [0.25, 0.3) is 0 Å². The fraction of sp³-hybridized carbons (Fsp3) is 0.750. The minimum absolute atomic E-state index is 0.376. The molecule has 0 aliphatic rings. The number of rotatable bonds is 7. The van der Waals surface area contributed by atoms with Gasteiger partial charge in [-0.1, -0.05) is 13.3 Å². The van der Waals surface area contributed by atoms with Gasteiger partial charge < -0.3 is 15.5 Å². The van der Waals surface area contributed by atoms with E-state index in [1.54, 1.807) is 0 Å². The van der Waals surface area contributed by atoms with Crippen molar-refractivity contribution in [1.29, 1.82) is 0 Å². The Balaban J connectivity index is 3.81. The van der Waals surface area contributed by atoms with Gasteiger partial charge in [0.1, 0.15) is 6.04 Å². The largest absolute Gasteiger partial charge is 0.481 e. The molecule has 0 amide bonds. The fourth-order valence-electron chi connectivity index (χ4n) is 0.874. The number of carboxylic acid groups (broad SMARTS) is 2. The molecular formula is C8H15NO4. The predicted molar refractivity (Wildman–Crippen MR) is 46.6 cm³/mol.